The predicted octanol–water partition coefficient (Wildman–Crippen LogP) is 4.84. The van der Waals surface area contributed by atoms with Crippen LogP contribution in [0.4, 0.5) is 39.5 Å². The number of benzene rings is 2. The first kappa shape index (κ1) is 24.8. The molecule has 0 heterocycles. The molecule has 2 aromatic rings. The molecule has 172 valence electrons. The second-order valence-corrected chi connectivity index (χ2v) is 7.93. The van der Waals surface area contributed by atoms with Gasteiger partial charge in [0.2, 0.25) is 10.0 Å². The van der Waals surface area contributed by atoms with Crippen molar-refractivity contribution >= 4 is 10.0 Å². The molecule has 4 nitrogen and oxygen atoms in total. The van der Waals surface area contributed by atoms with Crippen LogP contribution in [0.3, 0.4) is 0 Å². The Hall–Kier alpha value is -2.48. The Kier molecular flexibility index (Phi) is 7.15. The zero-order chi connectivity index (χ0) is 23.6. The molecule has 0 bridgehead atoms. The molecule has 0 radical (unpaired) electrons. The molecule has 31 heavy (non-hydrogen) atoms. The average Bonchev–Trinajstić information content (AvgIpc) is 2.57. The summed E-state index contributed by atoms with van der Waals surface area (Å²) in [5.74, 6) is -5.30. The molecule has 1 atom stereocenters. The van der Waals surface area contributed by atoms with Crippen LogP contribution in [0.5, 0.6) is 5.75 Å². The second kappa shape index (κ2) is 8.94. The molecule has 0 aliphatic heterocycles. The summed E-state index contributed by atoms with van der Waals surface area (Å²) < 4.78 is 145. The first-order chi connectivity index (χ1) is 14.1. The Morgan fingerprint density at radius 3 is 1.94 bits per heavy atom. The van der Waals surface area contributed by atoms with Gasteiger partial charge in [-0.3, -0.25) is 0 Å². The van der Waals surface area contributed by atoms with E-state index in [1.54, 1.807) is 4.72 Å². The van der Waals surface area contributed by atoms with Gasteiger partial charge in [-0.2, -0.15) is 13.2 Å². The van der Waals surface area contributed by atoms with E-state index in [-0.39, 0.29) is 6.07 Å². The molecule has 2 aromatic carbocycles. The van der Waals surface area contributed by atoms with Gasteiger partial charge < -0.3 is 4.74 Å². The van der Waals surface area contributed by atoms with Gasteiger partial charge in [0.25, 0.3) is 0 Å². The Morgan fingerprint density at radius 2 is 1.42 bits per heavy atom. The highest BCUT2D eigenvalue weighted by molar-refractivity contribution is 7.89. The van der Waals surface area contributed by atoms with E-state index in [1.165, 1.54) is 0 Å². The van der Waals surface area contributed by atoms with Crippen molar-refractivity contribution in [2.24, 2.45) is 0 Å². The highest BCUT2D eigenvalue weighted by Gasteiger charge is 2.35. The Balaban J connectivity index is 2.28. The van der Waals surface area contributed by atoms with Crippen LogP contribution in [0.2, 0.25) is 0 Å². The molecule has 0 spiro atoms. The smallest absolute Gasteiger partial charge is 0.406 e. The quantitative estimate of drug-likeness (QED) is 0.455. The molecule has 0 saturated carbocycles. The van der Waals surface area contributed by atoms with E-state index in [0.717, 1.165) is 0 Å². The number of hydrogen-bond acceptors (Lipinski definition) is 3. The predicted molar refractivity (Wildman–Crippen MR) is 87.9 cm³/mol. The molecule has 14 heteroatoms. The SMILES string of the molecule is O=S(=O)(NC(Cc1cc(F)c(F)cc1F)CC(F)(F)F)c1ccc(OC(F)(F)F)cc1. The minimum Gasteiger partial charge on any atom is -0.406 e. The molecule has 0 aromatic heterocycles. The summed E-state index contributed by atoms with van der Waals surface area (Å²) in [6.07, 6.45) is -12.8. The van der Waals surface area contributed by atoms with Crippen molar-refractivity contribution in [1.29, 1.82) is 0 Å². The number of sulfonamides is 1. The second-order valence-electron chi connectivity index (χ2n) is 6.22. The summed E-state index contributed by atoms with van der Waals surface area (Å²) in [4.78, 5) is -0.708. The van der Waals surface area contributed by atoms with Crippen LogP contribution in [-0.4, -0.2) is 27.0 Å². The summed E-state index contributed by atoms with van der Waals surface area (Å²) in [6.45, 7) is 0. The van der Waals surface area contributed by atoms with Crippen molar-refractivity contribution in [2.75, 3.05) is 0 Å². The fourth-order valence-electron chi connectivity index (χ4n) is 2.53. The van der Waals surface area contributed by atoms with E-state index in [2.05, 4.69) is 4.74 Å². The van der Waals surface area contributed by atoms with E-state index in [0.29, 0.717) is 30.3 Å². The topological polar surface area (TPSA) is 55.4 Å². The zero-order valence-electron chi connectivity index (χ0n) is 15.0. The third kappa shape index (κ3) is 7.61. The molecule has 0 fully saturated rings. The van der Waals surface area contributed by atoms with Crippen molar-refractivity contribution in [1.82, 2.24) is 4.72 Å². The number of nitrogens with one attached hydrogen (secondary N) is 1. The van der Waals surface area contributed by atoms with Gasteiger partial charge in [-0.1, -0.05) is 0 Å². The maximum absolute atomic E-state index is 13.8. The van der Waals surface area contributed by atoms with Gasteiger partial charge in [-0.05, 0) is 42.3 Å². The fraction of sp³-hybridized carbons (Fsp3) is 0.294. The Morgan fingerprint density at radius 1 is 0.871 bits per heavy atom. The lowest BCUT2D eigenvalue weighted by Gasteiger charge is -2.21. The van der Waals surface area contributed by atoms with E-state index in [1.807, 2.05) is 0 Å². The summed E-state index contributed by atoms with van der Waals surface area (Å²) in [5, 5.41) is 0. The molecule has 0 aliphatic carbocycles. The van der Waals surface area contributed by atoms with Gasteiger partial charge in [0.15, 0.2) is 11.6 Å². The normalized spacial score (nSPS) is 13.8. The fourth-order valence-corrected chi connectivity index (χ4v) is 3.76. The van der Waals surface area contributed by atoms with Crippen LogP contribution in [0.25, 0.3) is 0 Å². The van der Waals surface area contributed by atoms with E-state index in [9.17, 15) is 47.9 Å². The third-order valence-corrected chi connectivity index (χ3v) is 5.26. The lowest BCUT2D eigenvalue weighted by atomic mass is 10.0. The van der Waals surface area contributed by atoms with E-state index in [4.69, 9.17) is 0 Å². The molecule has 1 N–H and O–H groups in total. The van der Waals surface area contributed by atoms with Crippen LogP contribution < -0.4 is 9.46 Å². The van der Waals surface area contributed by atoms with Gasteiger partial charge in [0, 0.05) is 12.1 Å². The third-order valence-electron chi connectivity index (χ3n) is 3.72. The number of rotatable bonds is 7. The number of ether oxygens (including phenoxy) is 1. The van der Waals surface area contributed by atoms with Crippen molar-refractivity contribution in [2.45, 2.75) is 36.3 Å². The lowest BCUT2D eigenvalue weighted by molar-refractivity contribution is -0.274. The molecule has 0 amide bonds. The van der Waals surface area contributed by atoms with Crippen LogP contribution in [0.1, 0.15) is 12.0 Å². The van der Waals surface area contributed by atoms with Gasteiger partial charge in [0.1, 0.15) is 11.6 Å². The molecular formula is C17H12F9NO3S. The minimum atomic E-state index is -5.05. The number of alkyl halides is 6. The largest absolute Gasteiger partial charge is 0.573 e. The van der Waals surface area contributed by atoms with Crippen LogP contribution >= 0.6 is 0 Å². The van der Waals surface area contributed by atoms with Crippen LogP contribution in [0.15, 0.2) is 41.3 Å². The number of hydrogen-bond donors (Lipinski definition) is 1. The van der Waals surface area contributed by atoms with Crippen LogP contribution in [0, 0.1) is 17.5 Å². The molecular weight excluding hydrogens is 469 g/mol. The molecule has 1 unspecified atom stereocenters. The van der Waals surface area contributed by atoms with Gasteiger partial charge >= 0.3 is 12.5 Å². The van der Waals surface area contributed by atoms with E-state index >= 15 is 0 Å². The standard InChI is InChI=1S/C17H12F9NO3S/c18-13-7-15(20)14(19)6-9(13)5-10(8-16(21,22)23)27-31(28,29)12-3-1-11(2-4-12)30-17(24,25)26/h1-4,6-7,10,27H,5,8H2. The van der Waals surface area contributed by atoms with Crippen molar-refractivity contribution in [3.05, 3.63) is 59.4 Å². The van der Waals surface area contributed by atoms with Crippen molar-refractivity contribution in [3.63, 3.8) is 0 Å². The molecule has 0 aliphatic rings. The van der Waals surface area contributed by atoms with Crippen LogP contribution in [-0.2, 0) is 16.4 Å². The first-order valence-corrected chi connectivity index (χ1v) is 9.62. The zero-order valence-corrected chi connectivity index (χ0v) is 15.8. The van der Waals surface area contributed by atoms with Gasteiger partial charge in [0.05, 0.1) is 11.3 Å². The Bertz CT molecular complexity index is 1020. The first-order valence-electron chi connectivity index (χ1n) is 8.14. The lowest BCUT2D eigenvalue weighted by Crippen LogP contribution is -2.39. The summed E-state index contributed by atoms with van der Waals surface area (Å²) in [6, 6.07) is 0.897. The molecule has 2 rings (SSSR count). The maximum atomic E-state index is 13.8. The maximum Gasteiger partial charge on any atom is 0.573 e. The Labute approximate surface area is 169 Å². The van der Waals surface area contributed by atoms with Crippen molar-refractivity contribution < 1.29 is 52.7 Å². The number of halogens is 9. The van der Waals surface area contributed by atoms with E-state index < -0.39 is 75.1 Å². The summed E-state index contributed by atoms with van der Waals surface area (Å²) in [5.41, 5.74) is -0.718. The van der Waals surface area contributed by atoms with Gasteiger partial charge in [-0.15, -0.1) is 13.2 Å². The monoisotopic (exact) mass is 481 g/mol. The highest BCUT2D eigenvalue weighted by Crippen LogP contribution is 2.27. The van der Waals surface area contributed by atoms with Crippen molar-refractivity contribution in [3.8, 4) is 5.75 Å². The average molecular weight is 481 g/mol. The summed E-state index contributed by atoms with van der Waals surface area (Å²) >= 11 is 0. The summed E-state index contributed by atoms with van der Waals surface area (Å²) in [7, 11) is -4.72. The highest BCUT2D eigenvalue weighted by atomic mass is 32.2. The van der Waals surface area contributed by atoms with Gasteiger partial charge in [-0.25, -0.2) is 26.3 Å². The molecule has 0 saturated heterocycles. The minimum absolute atomic E-state index is 0.100.